The first-order valence-corrected chi connectivity index (χ1v) is 5.16. The van der Waals surface area contributed by atoms with Gasteiger partial charge >= 0.3 is 0 Å². The van der Waals surface area contributed by atoms with Crippen molar-refractivity contribution in [1.82, 2.24) is 10.2 Å². The fourth-order valence-corrected chi connectivity index (χ4v) is 1.77. The lowest BCUT2D eigenvalue weighted by atomic mass is 10.1. The van der Waals surface area contributed by atoms with Gasteiger partial charge in [-0.05, 0) is 6.92 Å². The monoisotopic (exact) mass is 236 g/mol. The first-order valence-electron chi connectivity index (χ1n) is 5.16. The van der Waals surface area contributed by atoms with Crippen LogP contribution in [0.15, 0.2) is 0 Å². The van der Waals surface area contributed by atoms with Gasteiger partial charge in [0.05, 0.1) is 12.5 Å². The summed E-state index contributed by atoms with van der Waals surface area (Å²) in [5.74, 6) is 0.186. The van der Waals surface area contributed by atoms with E-state index in [1.807, 2.05) is 11.8 Å². The molecule has 1 saturated heterocycles. The standard InChI is InChI=1S/C10H20N2O2.ClH/c1-8(7-14-3)10(13)12-5-4-11-9(2)6-12;/h8-9,11H,4-7H2,1-3H3;1H. The lowest BCUT2D eigenvalue weighted by Crippen LogP contribution is -2.52. The van der Waals surface area contributed by atoms with Crippen LogP contribution in [-0.2, 0) is 9.53 Å². The maximum Gasteiger partial charge on any atom is 0.227 e. The Morgan fingerprint density at radius 2 is 2.33 bits per heavy atom. The zero-order valence-corrected chi connectivity index (χ0v) is 10.5. The second-order valence-electron chi connectivity index (χ2n) is 4.00. The molecule has 2 unspecified atom stereocenters. The summed E-state index contributed by atoms with van der Waals surface area (Å²) in [5, 5.41) is 3.31. The summed E-state index contributed by atoms with van der Waals surface area (Å²) in [4.78, 5) is 13.8. The van der Waals surface area contributed by atoms with Crippen molar-refractivity contribution >= 4 is 18.3 Å². The summed E-state index contributed by atoms with van der Waals surface area (Å²) in [6, 6.07) is 0.405. The van der Waals surface area contributed by atoms with Gasteiger partial charge in [-0.2, -0.15) is 0 Å². The summed E-state index contributed by atoms with van der Waals surface area (Å²) in [6.45, 7) is 7.05. The number of piperazine rings is 1. The van der Waals surface area contributed by atoms with Crippen molar-refractivity contribution in [2.45, 2.75) is 19.9 Å². The van der Waals surface area contributed by atoms with E-state index in [1.165, 1.54) is 0 Å². The second-order valence-corrected chi connectivity index (χ2v) is 4.00. The third kappa shape index (κ3) is 4.36. The van der Waals surface area contributed by atoms with Crippen molar-refractivity contribution in [2.75, 3.05) is 33.4 Å². The quantitative estimate of drug-likeness (QED) is 0.777. The van der Waals surface area contributed by atoms with Crippen LogP contribution in [0.5, 0.6) is 0 Å². The molecule has 0 spiro atoms. The number of carbonyl (C=O) groups is 1. The van der Waals surface area contributed by atoms with Crippen LogP contribution in [-0.4, -0.2) is 50.2 Å². The number of hydrogen-bond acceptors (Lipinski definition) is 3. The van der Waals surface area contributed by atoms with Gasteiger partial charge in [0.2, 0.25) is 5.91 Å². The molecule has 0 aliphatic carbocycles. The van der Waals surface area contributed by atoms with Gasteiger partial charge < -0.3 is 15.0 Å². The number of rotatable bonds is 3. The van der Waals surface area contributed by atoms with Gasteiger partial charge in [-0.15, -0.1) is 12.4 Å². The molecule has 1 aliphatic heterocycles. The lowest BCUT2D eigenvalue weighted by molar-refractivity contribution is -0.137. The van der Waals surface area contributed by atoms with Crippen molar-refractivity contribution in [3.05, 3.63) is 0 Å². The molecule has 1 amide bonds. The number of nitrogens with zero attached hydrogens (tertiary/aromatic N) is 1. The predicted octanol–water partition coefficient (Wildman–Crippen LogP) is 0.511. The van der Waals surface area contributed by atoms with Crippen LogP contribution < -0.4 is 5.32 Å². The first kappa shape index (κ1) is 14.7. The van der Waals surface area contributed by atoms with Gasteiger partial charge in [-0.25, -0.2) is 0 Å². The van der Waals surface area contributed by atoms with Crippen LogP contribution in [0.4, 0.5) is 0 Å². The zero-order valence-electron chi connectivity index (χ0n) is 9.66. The molecule has 1 fully saturated rings. The number of amides is 1. The van der Waals surface area contributed by atoms with Crippen LogP contribution in [0.2, 0.25) is 0 Å². The highest BCUT2D eigenvalue weighted by atomic mass is 35.5. The van der Waals surface area contributed by atoms with E-state index >= 15 is 0 Å². The number of ether oxygens (including phenoxy) is 1. The van der Waals surface area contributed by atoms with Gasteiger partial charge in [-0.1, -0.05) is 6.92 Å². The van der Waals surface area contributed by atoms with Gasteiger partial charge in [0.15, 0.2) is 0 Å². The van der Waals surface area contributed by atoms with Crippen molar-refractivity contribution in [1.29, 1.82) is 0 Å². The van der Waals surface area contributed by atoms with E-state index in [2.05, 4.69) is 12.2 Å². The van der Waals surface area contributed by atoms with E-state index in [0.717, 1.165) is 19.6 Å². The molecule has 1 aliphatic rings. The molecular weight excluding hydrogens is 216 g/mol. The van der Waals surface area contributed by atoms with E-state index < -0.39 is 0 Å². The summed E-state index contributed by atoms with van der Waals surface area (Å²) in [6.07, 6.45) is 0. The zero-order chi connectivity index (χ0) is 10.6. The van der Waals surface area contributed by atoms with Gasteiger partial charge in [-0.3, -0.25) is 4.79 Å². The normalized spacial score (nSPS) is 23.1. The second kappa shape index (κ2) is 7.04. The SMILES string of the molecule is COCC(C)C(=O)N1CCNC(C)C1.Cl. The average Bonchev–Trinajstić information content (AvgIpc) is 2.17. The third-order valence-electron chi connectivity index (χ3n) is 2.52. The molecule has 15 heavy (non-hydrogen) atoms. The Labute approximate surface area is 97.8 Å². The minimum Gasteiger partial charge on any atom is -0.384 e. The fraction of sp³-hybridized carbons (Fsp3) is 0.900. The minimum atomic E-state index is -0.0229. The highest BCUT2D eigenvalue weighted by molar-refractivity contribution is 5.85. The molecule has 0 aromatic heterocycles. The molecule has 0 aromatic rings. The van der Waals surface area contributed by atoms with Crippen LogP contribution in [0.3, 0.4) is 0 Å². The Morgan fingerprint density at radius 1 is 1.67 bits per heavy atom. The van der Waals surface area contributed by atoms with Crippen molar-refractivity contribution in [3.63, 3.8) is 0 Å². The molecule has 0 bridgehead atoms. The molecule has 1 heterocycles. The van der Waals surface area contributed by atoms with Gasteiger partial charge in [0.25, 0.3) is 0 Å². The summed E-state index contributed by atoms with van der Waals surface area (Å²) >= 11 is 0. The van der Waals surface area contributed by atoms with E-state index in [9.17, 15) is 4.79 Å². The van der Waals surface area contributed by atoms with Crippen molar-refractivity contribution < 1.29 is 9.53 Å². The Bertz CT molecular complexity index is 202. The van der Waals surface area contributed by atoms with Crippen LogP contribution in [0.1, 0.15) is 13.8 Å². The fourth-order valence-electron chi connectivity index (χ4n) is 1.77. The van der Waals surface area contributed by atoms with E-state index in [1.54, 1.807) is 7.11 Å². The Balaban J connectivity index is 0.00000196. The largest absolute Gasteiger partial charge is 0.384 e. The topological polar surface area (TPSA) is 41.6 Å². The lowest BCUT2D eigenvalue weighted by Gasteiger charge is -2.33. The predicted molar refractivity (Wildman–Crippen MR) is 62.3 cm³/mol. The van der Waals surface area contributed by atoms with Crippen LogP contribution in [0.25, 0.3) is 0 Å². The molecular formula is C10H21ClN2O2. The Morgan fingerprint density at radius 3 is 2.87 bits per heavy atom. The number of carbonyl (C=O) groups excluding carboxylic acids is 1. The Hall–Kier alpha value is -0.320. The average molecular weight is 237 g/mol. The number of hydrogen-bond donors (Lipinski definition) is 1. The van der Waals surface area contributed by atoms with E-state index in [4.69, 9.17) is 4.74 Å². The van der Waals surface area contributed by atoms with E-state index in [-0.39, 0.29) is 24.2 Å². The Kier molecular flexibility index (Phi) is 6.89. The number of nitrogens with one attached hydrogen (secondary N) is 1. The van der Waals surface area contributed by atoms with Crippen LogP contribution in [0, 0.1) is 5.92 Å². The number of halogens is 1. The van der Waals surface area contributed by atoms with E-state index in [0.29, 0.717) is 12.6 Å². The minimum absolute atomic E-state index is 0. The number of methoxy groups -OCH3 is 1. The smallest absolute Gasteiger partial charge is 0.227 e. The molecule has 0 saturated carbocycles. The highest BCUT2D eigenvalue weighted by Gasteiger charge is 2.24. The summed E-state index contributed by atoms with van der Waals surface area (Å²) in [7, 11) is 1.63. The molecule has 5 heteroatoms. The highest BCUT2D eigenvalue weighted by Crippen LogP contribution is 2.06. The summed E-state index contributed by atoms with van der Waals surface area (Å²) < 4.78 is 4.98. The molecule has 1 rings (SSSR count). The third-order valence-corrected chi connectivity index (χ3v) is 2.52. The molecule has 90 valence electrons. The van der Waals surface area contributed by atoms with Crippen LogP contribution >= 0.6 is 12.4 Å². The van der Waals surface area contributed by atoms with Crippen molar-refractivity contribution in [2.24, 2.45) is 5.92 Å². The first-order chi connectivity index (χ1) is 6.65. The maximum atomic E-state index is 11.9. The van der Waals surface area contributed by atoms with Crippen molar-refractivity contribution in [3.8, 4) is 0 Å². The maximum absolute atomic E-state index is 11.9. The molecule has 4 nitrogen and oxygen atoms in total. The summed E-state index contributed by atoms with van der Waals surface area (Å²) in [5.41, 5.74) is 0. The van der Waals surface area contributed by atoms with Gasteiger partial charge in [0.1, 0.15) is 0 Å². The molecule has 0 radical (unpaired) electrons. The molecule has 2 atom stereocenters. The molecule has 1 N–H and O–H groups in total. The van der Waals surface area contributed by atoms with Gasteiger partial charge in [0, 0.05) is 32.8 Å². The molecule has 0 aromatic carbocycles.